The Labute approximate surface area is 105 Å². The van der Waals surface area contributed by atoms with Gasteiger partial charge in [-0.2, -0.15) is 0 Å². The first-order chi connectivity index (χ1) is 8.22. The lowest BCUT2D eigenvalue weighted by Crippen LogP contribution is -2.46. The van der Waals surface area contributed by atoms with E-state index >= 15 is 0 Å². The van der Waals surface area contributed by atoms with Crippen molar-refractivity contribution in [2.24, 2.45) is 11.7 Å². The van der Waals surface area contributed by atoms with Crippen molar-refractivity contribution >= 4 is 0 Å². The normalized spacial score (nSPS) is 30.9. The zero-order valence-corrected chi connectivity index (χ0v) is 11.0. The molecule has 0 bridgehead atoms. The molecule has 0 aliphatic carbocycles. The first kappa shape index (κ1) is 13.3. The second kappa shape index (κ2) is 6.14. The van der Waals surface area contributed by atoms with Gasteiger partial charge in [-0.05, 0) is 64.7 Å². The number of rotatable bonds is 4. The van der Waals surface area contributed by atoms with Crippen molar-refractivity contribution < 1.29 is 5.11 Å². The van der Waals surface area contributed by atoms with E-state index in [4.69, 9.17) is 5.73 Å². The molecule has 2 atom stereocenters. The van der Waals surface area contributed by atoms with E-state index in [1.165, 1.54) is 38.8 Å². The van der Waals surface area contributed by atoms with Gasteiger partial charge in [0.25, 0.3) is 0 Å². The van der Waals surface area contributed by atoms with Crippen LogP contribution in [0.25, 0.3) is 0 Å². The lowest BCUT2D eigenvalue weighted by atomic mass is 9.88. The van der Waals surface area contributed by atoms with Crippen LogP contribution in [-0.2, 0) is 0 Å². The average molecular weight is 241 g/mol. The molecule has 0 spiro atoms. The molecule has 0 radical (unpaired) electrons. The third-order valence-corrected chi connectivity index (χ3v) is 4.46. The predicted molar refractivity (Wildman–Crippen MR) is 69.6 cm³/mol. The second-order valence-electron chi connectivity index (χ2n) is 5.65. The minimum Gasteiger partial charge on any atom is -0.378 e. The molecule has 4 heteroatoms. The fourth-order valence-electron chi connectivity index (χ4n) is 3.42. The molecule has 0 aromatic carbocycles. The highest BCUT2D eigenvalue weighted by molar-refractivity contribution is 4.88. The second-order valence-corrected chi connectivity index (χ2v) is 5.65. The standard InChI is InChI=1S/C13H27N3O/c1-15-9-5-11(6-10-15)12-3-2-8-16(12)13(17)4-7-14/h11-13,17H,2-10,14H2,1H3/t12-,13?/m0/s1. The van der Waals surface area contributed by atoms with E-state index in [2.05, 4.69) is 16.8 Å². The van der Waals surface area contributed by atoms with Gasteiger partial charge in [0, 0.05) is 12.6 Å². The lowest BCUT2D eigenvalue weighted by molar-refractivity contribution is -0.0299. The predicted octanol–water partition coefficient (Wildman–Crippen LogP) is 0.460. The Balaban J connectivity index is 1.90. The third-order valence-electron chi connectivity index (χ3n) is 4.46. The number of aliphatic hydroxyl groups excluding tert-OH is 1. The van der Waals surface area contributed by atoms with E-state index < -0.39 is 0 Å². The van der Waals surface area contributed by atoms with E-state index in [1.54, 1.807) is 0 Å². The highest BCUT2D eigenvalue weighted by Crippen LogP contribution is 2.32. The fourth-order valence-corrected chi connectivity index (χ4v) is 3.42. The Bertz CT molecular complexity index is 229. The van der Waals surface area contributed by atoms with Crippen molar-refractivity contribution in [2.75, 3.05) is 33.2 Å². The number of nitrogens with two attached hydrogens (primary N) is 1. The summed E-state index contributed by atoms with van der Waals surface area (Å²) in [6, 6.07) is 0.602. The maximum atomic E-state index is 10.1. The van der Waals surface area contributed by atoms with E-state index in [1.807, 2.05) is 0 Å². The summed E-state index contributed by atoms with van der Waals surface area (Å²) in [6.07, 6.45) is 5.46. The van der Waals surface area contributed by atoms with Crippen LogP contribution in [0, 0.1) is 5.92 Å². The zero-order valence-electron chi connectivity index (χ0n) is 11.0. The van der Waals surface area contributed by atoms with E-state index in [9.17, 15) is 5.11 Å². The number of nitrogens with zero attached hydrogens (tertiary/aromatic N) is 2. The van der Waals surface area contributed by atoms with Crippen LogP contribution in [0.1, 0.15) is 32.1 Å². The summed E-state index contributed by atoms with van der Waals surface area (Å²) in [5.41, 5.74) is 5.55. The molecule has 2 fully saturated rings. The van der Waals surface area contributed by atoms with Gasteiger partial charge in [0.15, 0.2) is 0 Å². The van der Waals surface area contributed by atoms with Gasteiger partial charge < -0.3 is 15.7 Å². The van der Waals surface area contributed by atoms with Crippen molar-refractivity contribution in [3.63, 3.8) is 0 Å². The minimum atomic E-state index is -0.313. The van der Waals surface area contributed by atoms with Crippen LogP contribution in [0.15, 0.2) is 0 Å². The molecule has 100 valence electrons. The Kier molecular flexibility index (Phi) is 4.79. The Morgan fingerprint density at radius 2 is 1.94 bits per heavy atom. The van der Waals surface area contributed by atoms with Crippen LogP contribution in [0.4, 0.5) is 0 Å². The molecular weight excluding hydrogens is 214 g/mol. The molecule has 0 aromatic heterocycles. The molecule has 2 aliphatic rings. The Morgan fingerprint density at radius 3 is 2.59 bits per heavy atom. The summed E-state index contributed by atoms with van der Waals surface area (Å²) >= 11 is 0. The quantitative estimate of drug-likeness (QED) is 0.751. The largest absolute Gasteiger partial charge is 0.378 e. The number of piperidine rings is 1. The maximum Gasteiger partial charge on any atom is 0.108 e. The summed E-state index contributed by atoms with van der Waals surface area (Å²) < 4.78 is 0. The van der Waals surface area contributed by atoms with Crippen LogP contribution in [0.5, 0.6) is 0 Å². The van der Waals surface area contributed by atoms with Gasteiger partial charge in [0.1, 0.15) is 6.23 Å². The van der Waals surface area contributed by atoms with Gasteiger partial charge in [-0.15, -0.1) is 0 Å². The van der Waals surface area contributed by atoms with Gasteiger partial charge in [-0.1, -0.05) is 0 Å². The van der Waals surface area contributed by atoms with Gasteiger partial charge in [-0.3, -0.25) is 4.90 Å². The molecule has 17 heavy (non-hydrogen) atoms. The molecule has 2 rings (SSSR count). The molecular formula is C13H27N3O. The summed E-state index contributed by atoms with van der Waals surface area (Å²) in [5, 5.41) is 10.1. The molecule has 0 saturated carbocycles. The molecule has 2 saturated heterocycles. The molecule has 1 unspecified atom stereocenters. The highest BCUT2D eigenvalue weighted by atomic mass is 16.3. The number of hydrogen-bond donors (Lipinski definition) is 2. The van der Waals surface area contributed by atoms with E-state index in [0.717, 1.165) is 12.5 Å². The molecule has 2 heterocycles. The van der Waals surface area contributed by atoms with Gasteiger partial charge in [0.05, 0.1) is 0 Å². The van der Waals surface area contributed by atoms with Crippen molar-refractivity contribution in [3.05, 3.63) is 0 Å². The number of likely N-dealkylation sites (tertiary alicyclic amines) is 2. The molecule has 4 nitrogen and oxygen atoms in total. The van der Waals surface area contributed by atoms with Crippen molar-refractivity contribution in [1.29, 1.82) is 0 Å². The SMILES string of the molecule is CN1CCC([C@@H]2CCCN2C(O)CCN)CC1. The van der Waals surface area contributed by atoms with Crippen molar-refractivity contribution in [2.45, 2.75) is 44.4 Å². The Hall–Kier alpha value is -0.160. The fraction of sp³-hybridized carbons (Fsp3) is 1.00. The van der Waals surface area contributed by atoms with Gasteiger partial charge in [0.2, 0.25) is 0 Å². The lowest BCUT2D eigenvalue weighted by Gasteiger charge is -2.38. The van der Waals surface area contributed by atoms with Crippen molar-refractivity contribution in [3.8, 4) is 0 Å². The van der Waals surface area contributed by atoms with Crippen LogP contribution in [-0.4, -0.2) is 60.4 Å². The summed E-state index contributed by atoms with van der Waals surface area (Å²) in [7, 11) is 2.20. The van der Waals surface area contributed by atoms with Crippen LogP contribution < -0.4 is 5.73 Å². The van der Waals surface area contributed by atoms with Crippen LogP contribution >= 0.6 is 0 Å². The molecule has 2 aliphatic heterocycles. The number of hydrogen-bond acceptors (Lipinski definition) is 4. The third kappa shape index (κ3) is 3.19. The van der Waals surface area contributed by atoms with Crippen molar-refractivity contribution in [1.82, 2.24) is 9.80 Å². The van der Waals surface area contributed by atoms with E-state index in [0.29, 0.717) is 19.0 Å². The first-order valence-electron chi connectivity index (χ1n) is 7.05. The summed E-state index contributed by atoms with van der Waals surface area (Å²) in [5.74, 6) is 0.779. The molecule has 0 amide bonds. The first-order valence-corrected chi connectivity index (χ1v) is 7.05. The maximum absolute atomic E-state index is 10.1. The van der Waals surface area contributed by atoms with Crippen LogP contribution in [0.3, 0.4) is 0 Å². The average Bonchev–Trinajstić information content (AvgIpc) is 2.79. The zero-order chi connectivity index (χ0) is 12.3. The Morgan fingerprint density at radius 1 is 1.24 bits per heavy atom. The molecule has 0 aromatic rings. The number of aliphatic hydroxyl groups is 1. The topological polar surface area (TPSA) is 52.7 Å². The summed E-state index contributed by atoms with van der Waals surface area (Å²) in [4.78, 5) is 4.72. The smallest absolute Gasteiger partial charge is 0.108 e. The van der Waals surface area contributed by atoms with E-state index in [-0.39, 0.29) is 6.23 Å². The highest BCUT2D eigenvalue weighted by Gasteiger charge is 2.35. The van der Waals surface area contributed by atoms with Crippen LogP contribution in [0.2, 0.25) is 0 Å². The molecule has 3 N–H and O–H groups in total. The van der Waals surface area contributed by atoms with Gasteiger partial charge >= 0.3 is 0 Å². The summed E-state index contributed by atoms with van der Waals surface area (Å²) in [6.45, 7) is 4.06. The van der Waals surface area contributed by atoms with Gasteiger partial charge in [-0.25, -0.2) is 0 Å². The minimum absolute atomic E-state index is 0.313. The monoisotopic (exact) mass is 241 g/mol.